The highest BCUT2D eigenvalue weighted by Crippen LogP contribution is 2.01. The second-order valence-corrected chi connectivity index (χ2v) is 3.07. The molecule has 5 heteroatoms. The van der Waals surface area contributed by atoms with Crippen LogP contribution in [-0.2, 0) is 11.2 Å². The first kappa shape index (κ1) is 11.9. The number of hydrogen-bond acceptors (Lipinski definition) is 2. The van der Waals surface area contributed by atoms with E-state index in [0.29, 0.717) is 6.20 Å². The van der Waals surface area contributed by atoms with Gasteiger partial charge in [0.25, 0.3) is 5.91 Å². The molecule has 4 N–H and O–H groups in total. The molecule has 0 heterocycles. The molecule has 0 aliphatic rings. The van der Waals surface area contributed by atoms with Crippen LogP contribution in [-0.4, -0.2) is 11.7 Å². The van der Waals surface area contributed by atoms with Crippen molar-refractivity contribution in [3.05, 3.63) is 47.9 Å². The lowest BCUT2D eigenvalue weighted by molar-refractivity contribution is -0.117. The Labute approximate surface area is 92.5 Å². The minimum Gasteiger partial charge on any atom is -0.402 e. The molecular formula is C11H12FN3O. The minimum absolute atomic E-state index is 0.0827. The first-order valence-corrected chi connectivity index (χ1v) is 4.62. The molecule has 0 saturated heterocycles. The van der Waals surface area contributed by atoms with E-state index >= 15 is 0 Å². The lowest BCUT2D eigenvalue weighted by atomic mass is 10.1. The highest BCUT2D eigenvalue weighted by molar-refractivity contribution is 6.02. The Kier molecular flexibility index (Phi) is 4.20. The Morgan fingerprint density at radius 3 is 2.56 bits per heavy atom. The van der Waals surface area contributed by atoms with Crippen LogP contribution in [0.5, 0.6) is 0 Å². The predicted molar refractivity (Wildman–Crippen MR) is 60.2 cm³/mol. The number of carbonyl (C=O) groups is 1. The van der Waals surface area contributed by atoms with Gasteiger partial charge in [-0.15, -0.1) is 0 Å². The highest BCUT2D eigenvalue weighted by atomic mass is 19.1. The molecule has 0 spiro atoms. The maximum Gasteiger partial charge on any atom is 0.252 e. The van der Waals surface area contributed by atoms with Gasteiger partial charge in [-0.2, -0.15) is 4.99 Å². The molecule has 0 aliphatic carbocycles. The molecule has 1 amide bonds. The van der Waals surface area contributed by atoms with Crippen LogP contribution < -0.4 is 11.5 Å². The molecule has 0 aromatic heterocycles. The fourth-order valence-corrected chi connectivity index (χ4v) is 1.08. The molecule has 0 atom stereocenters. The summed E-state index contributed by atoms with van der Waals surface area (Å²) in [5.41, 5.74) is 10.9. The number of amides is 1. The minimum atomic E-state index is -0.901. The summed E-state index contributed by atoms with van der Waals surface area (Å²) in [5, 5.41) is 0. The van der Waals surface area contributed by atoms with Crippen LogP contribution in [0.15, 0.2) is 47.4 Å². The summed E-state index contributed by atoms with van der Waals surface area (Å²) < 4.78 is 12.8. The number of carbonyl (C=O) groups excluding carboxylic acids is 1. The number of halogens is 1. The van der Waals surface area contributed by atoms with E-state index in [2.05, 4.69) is 4.99 Å². The average Bonchev–Trinajstić information content (AvgIpc) is 2.29. The van der Waals surface area contributed by atoms with E-state index in [4.69, 9.17) is 11.5 Å². The standard InChI is InChI=1S/C11H12FN3O/c12-9(7-13)11(14)15-10(16)6-8-4-2-1-3-5-8/h1-5,7H,6,13H2,(H2,14,15,16)/b9-7+. The van der Waals surface area contributed by atoms with Crippen LogP contribution in [0.2, 0.25) is 0 Å². The number of nitrogens with zero attached hydrogens (tertiary/aromatic N) is 1. The summed E-state index contributed by atoms with van der Waals surface area (Å²) in [5.74, 6) is -1.91. The highest BCUT2D eigenvalue weighted by Gasteiger charge is 2.05. The third-order valence-electron chi connectivity index (χ3n) is 1.83. The maximum atomic E-state index is 12.8. The van der Waals surface area contributed by atoms with Crippen molar-refractivity contribution in [1.29, 1.82) is 0 Å². The second kappa shape index (κ2) is 5.65. The van der Waals surface area contributed by atoms with E-state index in [1.54, 1.807) is 24.3 Å². The van der Waals surface area contributed by atoms with Crippen LogP contribution in [0.3, 0.4) is 0 Å². The van der Waals surface area contributed by atoms with Gasteiger partial charge in [-0.1, -0.05) is 30.3 Å². The quantitative estimate of drug-likeness (QED) is 0.587. The largest absolute Gasteiger partial charge is 0.402 e. The van der Waals surface area contributed by atoms with Gasteiger partial charge in [0.05, 0.1) is 6.42 Å². The Balaban J connectivity index is 2.68. The molecule has 0 aliphatic heterocycles. The van der Waals surface area contributed by atoms with E-state index < -0.39 is 17.6 Å². The molecular weight excluding hydrogens is 209 g/mol. The molecule has 0 unspecified atom stereocenters. The van der Waals surface area contributed by atoms with Crippen LogP contribution in [0.4, 0.5) is 4.39 Å². The molecule has 1 rings (SSSR count). The van der Waals surface area contributed by atoms with Gasteiger partial charge < -0.3 is 11.5 Å². The Morgan fingerprint density at radius 1 is 1.38 bits per heavy atom. The van der Waals surface area contributed by atoms with Crippen molar-refractivity contribution in [3.63, 3.8) is 0 Å². The molecule has 16 heavy (non-hydrogen) atoms. The lowest BCUT2D eigenvalue weighted by Crippen LogP contribution is -2.16. The normalized spacial score (nSPS) is 12.6. The summed E-state index contributed by atoms with van der Waals surface area (Å²) in [7, 11) is 0. The van der Waals surface area contributed by atoms with Crippen molar-refractivity contribution in [2.45, 2.75) is 6.42 Å². The zero-order valence-electron chi connectivity index (χ0n) is 8.56. The molecule has 0 bridgehead atoms. The van der Waals surface area contributed by atoms with E-state index in [1.807, 2.05) is 6.07 Å². The number of aliphatic imine (C=N–C) groups is 1. The van der Waals surface area contributed by atoms with Gasteiger partial charge >= 0.3 is 0 Å². The van der Waals surface area contributed by atoms with Crippen LogP contribution in [0, 0.1) is 0 Å². The molecule has 1 aromatic rings. The number of nitrogens with two attached hydrogens (primary N) is 2. The fourth-order valence-electron chi connectivity index (χ4n) is 1.08. The van der Waals surface area contributed by atoms with Gasteiger partial charge in [0.15, 0.2) is 11.7 Å². The topological polar surface area (TPSA) is 81.5 Å². The average molecular weight is 221 g/mol. The zero-order chi connectivity index (χ0) is 12.0. The van der Waals surface area contributed by atoms with Crippen molar-refractivity contribution in [3.8, 4) is 0 Å². The van der Waals surface area contributed by atoms with Gasteiger partial charge in [0, 0.05) is 6.20 Å². The van der Waals surface area contributed by atoms with Gasteiger partial charge in [-0.05, 0) is 5.56 Å². The SMILES string of the molecule is N/C=C(/F)C(N)=NC(=O)Cc1ccccc1. The van der Waals surface area contributed by atoms with E-state index in [1.165, 1.54) is 0 Å². The predicted octanol–water partition coefficient (Wildman–Crippen LogP) is 0.882. The third kappa shape index (κ3) is 3.53. The fraction of sp³-hybridized carbons (Fsp3) is 0.0909. The van der Waals surface area contributed by atoms with E-state index in [0.717, 1.165) is 5.56 Å². The molecule has 4 nitrogen and oxygen atoms in total. The third-order valence-corrected chi connectivity index (χ3v) is 1.83. The van der Waals surface area contributed by atoms with Crippen molar-refractivity contribution < 1.29 is 9.18 Å². The van der Waals surface area contributed by atoms with Crippen molar-refractivity contribution in [1.82, 2.24) is 0 Å². The second-order valence-electron chi connectivity index (χ2n) is 3.07. The van der Waals surface area contributed by atoms with Gasteiger partial charge in [-0.25, -0.2) is 4.39 Å². The van der Waals surface area contributed by atoms with E-state index in [-0.39, 0.29) is 6.42 Å². The molecule has 0 fully saturated rings. The smallest absolute Gasteiger partial charge is 0.252 e. The molecule has 0 radical (unpaired) electrons. The van der Waals surface area contributed by atoms with Gasteiger partial charge in [0.2, 0.25) is 0 Å². The number of amidine groups is 1. The van der Waals surface area contributed by atoms with Crippen LogP contribution >= 0.6 is 0 Å². The summed E-state index contributed by atoms with van der Waals surface area (Å²) in [6.07, 6.45) is 0.744. The van der Waals surface area contributed by atoms with Crippen molar-refractivity contribution in [2.24, 2.45) is 16.5 Å². The molecule has 1 aromatic carbocycles. The summed E-state index contributed by atoms with van der Waals surface area (Å²) >= 11 is 0. The number of hydrogen-bond donors (Lipinski definition) is 2. The number of benzene rings is 1. The van der Waals surface area contributed by atoms with Gasteiger partial charge in [0.1, 0.15) is 0 Å². The van der Waals surface area contributed by atoms with Crippen molar-refractivity contribution in [2.75, 3.05) is 0 Å². The van der Waals surface area contributed by atoms with Crippen LogP contribution in [0.25, 0.3) is 0 Å². The van der Waals surface area contributed by atoms with Crippen LogP contribution in [0.1, 0.15) is 5.56 Å². The molecule has 84 valence electrons. The lowest BCUT2D eigenvalue weighted by Gasteiger charge is -1.98. The van der Waals surface area contributed by atoms with Gasteiger partial charge in [-0.3, -0.25) is 4.79 Å². The monoisotopic (exact) mass is 221 g/mol. The van der Waals surface area contributed by atoms with E-state index in [9.17, 15) is 9.18 Å². The summed E-state index contributed by atoms with van der Waals surface area (Å²) in [6.45, 7) is 0. The molecule has 0 saturated carbocycles. The first-order valence-electron chi connectivity index (χ1n) is 4.62. The Hall–Kier alpha value is -2.17. The Morgan fingerprint density at radius 2 is 2.00 bits per heavy atom. The first-order chi connectivity index (χ1) is 7.63. The van der Waals surface area contributed by atoms with Crippen molar-refractivity contribution >= 4 is 11.7 Å². The maximum absolute atomic E-state index is 12.8. The summed E-state index contributed by atoms with van der Waals surface area (Å²) in [6, 6.07) is 8.99. The number of rotatable bonds is 3. The Bertz CT molecular complexity index is 426. The zero-order valence-corrected chi connectivity index (χ0v) is 8.56. The summed E-state index contributed by atoms with van der Waals surface area (Å²) in [4.78, 5) is 14.7.